The molecule has 0 aliphatic carbocycles. The smallest absolute Gasteiger partial charge is 0.330 e. The minimum absolute atomic E-state index is 0.472. The van der Waals surface area contributed by atoms with Gasteiger partial charge >= 0.3 is 5.69 Å². The lowest BCUT2D eigenvalue weighted by Gasteiger charge is -2.19. The summed E-state index contributed by atoms with van der Waals surface area (Å²) < 4.78 is 12.6. The number of aliphatic hydroxyl groups excluding tert-OH is 1. The number of unbranched alkanes of at least 4 members (excludes halogenated alkanes) is 14. The summed E-state index contributed by atoms with van der Waals surface area (Å²) in [4.78, 5) is 25.6. The van der Waals surface area contributed by atoms with Crippen LogP contribution in [0, 0.1) is 0 Å². The zero-order valence-electron chi connectivity index (χ0n) is 22.0. The Labute approximate surface area is 210 Å². The van der Waals surface area contributed by atoms with Gasteiger partial charge in [-0.05, 0) is 13.0 Å². The predicted molar refractivity (Wildman–Crippen MR) is 140 cm³/mol. The molecule has 0 radical (unpaired) electrons. The molecule has 1 fully saturated rings. The van der Waals surface area contributed by atoms with Crippen molar-refractivity contribution in [2.75, 3.05) is 20.2 Å². The maximum Gasteiger partial charge on any atom is 0.330 e. The van der Waals surface area contributed by atoms with Gasteiger partial charge in [-0.3, -0.25) is 14.3 Å². The van der Waals surface area contributed by atoms with E-state index in [1.807, 2.05) is 0 Å². The third kappa shape index (κ3) is 11.0. The first-order valence-corrected chi connectivity index (χ1v) is 14.0. The van der Waals surface area contributed by atoms with Gasteiger partial charge in [-0.25, -0.2) is 4.79 Å². The Bertz CT molecular complexity index is 781. The number of aromatic amines is 1. The predicted octanol–water partition coefficient (Wildman–Crippen LogP) is 4.27. The summed E-state index contributed by atoms with van der Waals surface area (Å²) in [6.45, 7) is 3.62. The Balaban J connectivity index is 1.48. The van der Waals surface area contributed by atoms with E-state index in [1.165, 1.54) is 114 Å². The van der Waals surface area contributed by atoms with Crippen LogP contribution in [-0.2, 0) is 9.47 Å². The summed E-state index contributed by atoms with van der Waals surface area (Å²) in [7, 11) is 1.48. The van der Waals surface area contributed by atoms with Crippen LogP contribution in [0.25, 0.3) is 0 Å². The highest BCUT2D eigenvalue weighted by molar-refractivity contribution is 4.94. The molecule has 8 nitrogen and oxygen atoms in total. The number of H-pyrrole nitrogens is 1. The standard InChI is InChI=1S/C27H49N3O5/c1-3-4-5-6-7-8-9-10-11-12-13-14-15-16-17-19-28-21-22-24(32)25(34-2)26(35-22)30-20-18-23(31)29-27(30)33/h18,20,22,24-26,28,32H,3-17,19,21H2,1-2H3,(H,29,31,33)/t22-,24?,25?,26-/m1/s1. The molecule has 0 saturated carbocycles. The summed E-state index contributed by atoms with van der Waals surface area (Å²) in [5.41, 5.74) is -1.05. The third-order valence-corrected chi connectivity index (χ3v) is 7.01. The highest BCUT2D eigenvalue weighted by atomic mass is 16.6. The molecule has 0 amide bonds. The van der Waals surface area contributed by atoms with Crippen LogP contribution < -0.4 is 16.6 Å². The quantitative estimate of drug-likeness (QED) is 0.233. The maximum absolute atomic E-state index is 12.1. The fraction of sp³-hybridized carbons (Fsp3) is 0.852. The summed E-state index contributed by atoms with van der Waals surface area (Å²) in [6.07, 6.45) is 18.7. The normalized spacial score (nSPS) is 22.1. The SMILES string of the molecule is CCCCCCCCCCCCCCCCCNC[C@H]1O[C@@H](n2ccc(=O)[nH]c2=O)C(OC)C1O. The fourth-order valence-corrected chi connectivity index (χ4v) is 4.86. The van der Waals surface area contributed by atoms with E-state index in [9.17, 15) is 14.7 Å². The van der Waals surface area contributed by atoms with Gasteiger partial charge in [0.05, 0.1) is 0 Å². The minimum atomic E-state index is -0.864. The molecule has 1 aliphatic heterocycles. The molecular weight excluding hydrogens is 446 g/mol. The average molecular weight is 496 g/mol. The first-order valence-electron chi connectivity index (χ1n) is 14.0. The van der Waals surface area contributed by atoms with Gasteiger partial charge in [-0.1, -0.05) is 96.8 Å². The van der Waals surface area contributed by atoms with Crippen LogP contribution in [0.15, 0.2) is 21.9 Å². The zero-order valence-corrected chi connectivity index (χ0v) is 22.0. The largest absolute Gasteiger partial charge is 0.387 e. The van der Waals surface area contributed by atoms with Gasteiger partial charge < -0.3 is 19.9 Å². The first-order chi connectivity index (χ1) is 17.1. The lowest BCUT2D eigenvalue weighted by molar-refractivity contribution is -0.0535. The number of rotatable bonds is 20. The molecule has 8 heteroatoms. The van der Waals surface area contributed by atoms with Crippen molar-refractivity contribution < 1.29 is 14.6 Å². The van der Waals surface area contributed by atoms with Crippen molar-refractivity contribution in [1.82, 2.24) is 14.9 Å². The lowest BCUT2D eigenvalue weighted by atomic mass is 10.0. The Morgan fingerprint density at radius 2 is 1.49 bits per heavy atom. The Morgan fingerprint density at radius 1 is 0.943 bits per heavy atom. The second kappa shape index (κ2) is 17.9. The second-order valence-electron chi connectivity index (χ2n) is 9.93. The molecule has 0 bridgehead atoms. The van der Waals surface area contributed by atoms with Crippen LogP contribution in [0.1, 0.15) is 109 Å². The highest BCUT2D eigenvalue weighted by Gasteiger charge is 2.45. The number of aliphatic hydroxyl groups is 1. The van der Waals surface area contributed by atoms with Gasteiger partial charge in [0.2, 0.25) is 0 Å². The highest BCUT2D eigenvalue weighted by Crippen LogP contribution is 2.30. The number of hydrogen-bond donors (Lipinski definition) is 3. The van der Waals surface area contributed by atoms with Gasteiger partial charge in [0.25, 0.3) is 5.56 Å². The molecule has 1 aromatic heterocycles. The molecule has 0 spiro atoms. The molecule has 1 saturated heterocycles. The van der Waals surface area contributed by atoms with Crippen LogP contribution in [0.5, 0.6) is 0 Å². The van der Waals surface area contributed by atoms with E-state index < -0.39 is 35.8 Å². The number of nitrogens with one attached hydrogen (secondary N) is 2. The molecule has 3 N–H and O–H groups in total. The van der Waals surface area contributed by atoms with Crippen LogP contribution >= 0.6 is 0 Å². The van der Waals surface area contributed by atoms with E-state index >= 15 is 0 Å². The third-order valence-electron chi connectivity index (χ3n) is 7.01. The fourth-order valence-electron chi connectivity index (χ4n) is 4.86. The Morgan fingerprint density at radius 3 is 2.00 bits per heavy atom. The molecule has 4 atom stereocenters. The molecule has 1 aliphatic rings. The molecule has 2 rings (SSSR count). The molecule has 2 heterocycles. The van der Waals surface area contributed by atoms with Crippen molar-refractivity contribution in [3.05, 3.63) is 33.1 Å². The number of methoxy groups -OCH3 is 1. The van der Waals surface area contributed by atoms with E-state index in [4.69, 9.17) is 9.47 Å². The molecular formula is C27H49N3O5. The number of ether oxygens (including phenoxy) is 2. The van der Waals surface area contributed by atoms with Crippen molar-refractivity contribution in [3.8, 4) is 0 Å². The summed E-state index contributed by atoms with van der Waals surface area (Å²) in [5.74, 6) is 0. The zero-order chi connectivity index (χ0) is 25.3. The van der Waals surface area contributed by atoms with Gasteiger partial charge in [0, 0.05) is 25.9 Å². The lowest BCUT2D eigenvalue weighted by Crippen LogP contribution is -2.40. The van der Waals surface area contributed by atoms with Gasteiger partial charge in [0.1, 0.15) is 18.3 Å². The van der Waals surface area contributed by atoms with Crippen molar-refractivity contribution in [2.45, 2.75) is 128 Å². The van der Waals surface area contributed by atoms with Crippen LogP contribution in [-0.4, -0.2) is 53.2 Å². The van der Waals surface area contributed by atoms with Gasteiger partial charge in [-0.2, -0.15) is 0 Å². The van der Waals surface area contributed by atoms with Gasteiger partial charge in [-0.15, -0.1) is 0 Å². The van der Waals surface area contributed by atoms with Crippen molar-refractivity contribution in [3.63, 3.8) is 0 Å². The van der Waals surface area contributed by atoms with Gasteiger partial charge in [0.15, 0.2) is 6.23 Å². The van der Waals surface area contributed by atoms with Crippen LogP contribution in [0.3, 0.4) is 0 Å². The van der Waals surface area contributed by atoms with Crippen LogP contribution in [0.4, 0.5) is 0 Å². The van der Waals surface area contributed by atoms with Crippen LogP contribution in [0.2, 0.25) is 0 Å². The van der Waals surface area contributed by atoms with Crippen molar-refractivity contribution >= 4 is 0 Å². The maximum atomic E-state index is 12.1. The van der Waals surface area contributed by atoms with E-state index in [2.05, 4.69) is 17.2 Å². The first kappa shape index (κ1) is 29.7. The topological polar surface area (TPSA) is 106 Å². The minimum Gasteiger partial charge on any atom is -0.387 e. The number of aromatic nitrogens is 2. The number of hydrogen-bond acceptors (Lipinski definition) is 6. The van der Waals surface area contributed by atoms with E-state index in [-0.39, 0.29) is 0 Å². The van der Waals surface area contributed by atoms with E-state index in [1.54, 1.807) is 0 Å². The van der Waals surface area contributed by atoms with E-state index in [0.29, 0.717) is 6.54 Å². The molecule has 2 unspecified atom stereocenters. The van der Waals surface area contributed by atoms with Crippen molar-refractivity contribution in [2.24, 2.45) is 0 Å². The summed E-state index contributed by atoms with van der Waals surface area (Å²) >= 11 is 0. The Hall–Kier alpha value is -1.48. The number of nitrogens with zero attached hydrogens (tertiary/aromatic N) is 1. The summed E-state index contributed by atoms with van der Waals surface area (Å²) in [5, 5.41) is 13.9. The summed E-state index contributed by atoms with van der Waals surface area (Å²) in [6, 6.07) is 1.26. The molecule has 1 aromatic rings. The molecule has 35 heavy (non-hydrogen) atoms. The average Bonchev–Trinajstić information content (AvgIpc) is 3.15. The second-order valence-corrected chi connectivity index (χ2v) is 9.93. The molecule has 0 aromatic carbocycles. The van der Waals surface area contributed by atoms with E-state index in [0.717, 1.165) is 13.0 Å². The molecule has 202 valence electrons. The Kier molecular flexibility index (Phi) is 15.2. The van der Waals surface area contributed by atoms with Crippen molar-refractivity contribution in [1.29, 1.82) is 0 Å². The monoisotopic (exact) mass is 495 g/mol.